The molecule has 1 fully saturated rings. The lowest BCUT2D eigenvalue weighted by Gasteiger charge is -2.30. The molecule has 0 radical (unpaired) electrons. The molecule has 3 heterocycles. The number of likely N-dealkylation sites (tertiary alicyclic amines) is 1. The van der Waals surface area contributed by atoms with Crippen molar-refractivity contribution in [2.75, 3.05) is 18.1 Å². The normalized spacial score (nSPS) is 15.1. The van der Waals surface area contributed by atoms with Gasteiger partial charge in [-0.15, -0.1) is 0 Å². The van der Waals surface area contributed by atoms with Crippen LogP contribution in [0.25, 0.3) is 22.8 Å². The van der Waals surface area contributed by atoms with Crippen LogP contribution in [-0.2, 0) is 11.3 Å². The number of rotatable bonds is 8. The second-order valence-corrected chi connectivity index (χ2v) is 9.39. The van der Waals surface area contributed by atoms with Gasteiger partial charge in [0.2, 0.25) is 11.7 Å². The Balaban J connectivity index is 1.37. The molecule has 39 heavy (non-hydrogen) atoms. The number of carbonyl (C=O) groups is 1. The largest absolute Gasteiger partial charge is 0.392 e. The van der Waals surface area contributed by atoms with Crippen LogP contribution in [0.5, 0.6) is 0 Å². The van der Waals surface area contributed by atoms with E-state index >= 15 is 0 Å². The summed E-state index contributed by atoms with van der Waals surface area (Å²) in [6.45, 7) is 2.44. The molecule has 0 aliphatic carbocycles. The molecule has 10 nitrogen and oxygen atoms in total. The summed E-state index contributed by atoms with van der Waals surface area (Å²) in [5.74, 6) is 6.00. The lowest BCUT2D eigenvalue weighted by atomic mass is 9.96. The first-order chi connectivity index (χ1) is 18.9. The Labute approximate surface area is 224 Å². The number of amides is 1. The van der Waals surface area contributed by atoms with Gasteiger partial charge in [0.05, 0.1) is 11.4 Å². The first-order valence-corrected chi connectivity index (χ1v) is 12.5. The van der Waals surface area contributed by atoms with Crippen molar-refractivity contribution in [3.05, 3.63) is 95.9 Å². The molecule has 6 N–H and O–H groups in total. The molecule has 0 bridgehead atoms. The number of hydrogen-bond acceptors (Lipinski definition) is 9. The van der Waals surface area contributed by atoms with E-state index in [9.17, 15) is 9.18 Å². The van der Waals surface area contributed by atoms with Crippen molar-refractivity contribution >= 4 is 23.0 Å². The minimum absolute atomic E-state index is 0.0327. The van der Waals surface area contributed by atoms with Gasteiger partial charge < -0.3 is 16.0 Å². The van der Waals surface area contributed by atoms with Gasteiger partial charge >= 0.3 is 0 Å². The number of piperidine rings is 1. The van der Waals surface area contributed by atoms with E-state index < -0.39 is 5.82 Å². The van der Waals surface area contributed by atoms with Crippen molar-refractivity contribution in [3.63, 3.8) is 0 Å². The summed E-state index contributed by atoms with van der Waals surface area (Å²) in [5, 5.41) is 5.26. The summed E-state index contributed by atoms with van der Waals surface area (Å²) in [4.78, 5) is 22.2. The Hall–Kier alpha value is -4.61. The van der Waals surface area contributed by atoms with Crippen LogP contribution in [0.4, 0.5) is 10.1 Å². The van der Waals surface area contributed by atoms with Crippen molar-refractivity contribution in [3.8, 4) is 11.4 Å². The molecule has 0 unspecified atom stereocenters. The summed E-state index contributed by atoms with van der Waals surface area (Å²) in [5.41, 5.74) is 14.9. The summed E-state index contributed by atoms with van der Waals surface area (Å²) in [6, 6.07) is 17.4. The molecular formula is C28H29FN8O2. The SMILES string of the molecule is NC(=O)C1CCN(Cc2ccc(-c3noc(/C(N)=C(\c4ccncc4)N(N)c4ccccc4F)n3)cc2)CC1. The molecule has 2 aromatic carbocycles. The second kappa shape index (κ2) is 11.4. The van der Waals surface area contributed by atoms with Crippen LogP contribution >= 0.6 is 0 Å². The van der Waals surface area contributed by atoms with Gasteiger partial charge in [0, 0.05) is 36.0 Å². The number of hydrogen-bond donors (Lipinski definition) is 3. The number of anilines is 1. The third-order valence-electron chi connectivity index (χ3n) is 6.83. The number of benzene rings is 2. The number of aromatic nitrogens is 3. The van der Waals surface area contributed by atoms with Gasteiger partial charge in [-0.3, -0.25) is 19.7 Å². The molecule has 5 rings (SSSR count). The Morgan fingerprint density at radius 2 is 1.72 bits per heavy atom. The molecule has 0 atom stereocenters. The number of hydrazine groups is 1. The number of nitrogens with two attached hydrogens (primary N) is 3. The van der Waals surface area contributed by atoms with E-state index in [0.29, 0.717) is 11.4 Å². The first-order valence-electron chi connectivity index (χ1n) is 12.5. The van der Waals surface area contributed by atoms with Crippen molar-refractivity contribution < 1.29 is 13.7 Å². The highest BCUT2D eigenvalue weighted by Crippen LogP contribution is 2.30. The van der Waals surface area contributed by atoms with Gasteiger partial charge in [-0.2, -0.15) is 4.98 Å². The van der Waals surface area contributed by atoms with Gasteiger partial charge in [0.15, 0.2) is 0 Å². The minimum Gasteiger partial charge on any atom is -0.392 e. The molecule has 1 aliphatic heterocycles. The van der Waals surface area contributed by atoms with Crippen molar-refractivity contribution in [2.24, 2.45) is 23.2 Å². The molecule has 1 saturated heterocycles. The molecular weight excluding hydrogens is 499 g/mol. The quantitative estimate of drug-likeness (QED) is 0.231. The Kier molecular flexibility index (Phi) is 7.62. The molecule has 0 spiro atoms. The predicted octanol–water partition coefficient (Wildman–Crippen LogP) is 3.13. The number of nitrogens with zero attached hydrogens (tertiary/aromatic N) is 5. The maximum Gasteiger partial charge on any atom is 0.276 e. The Morgan fingerprint density at radius 1 is 1.03 bits per heavy atom. The third-order valence-corrected chi connectivity index (χ3v) is 6.83. The zero-order chi connectivity index (χ0) is 27.4. The number of carbonyl (C=O) groups excluding carboxylic acids is 1. The van der Waals surface area contributed by atoms with Crippen molar-refractivity contribution in [1.82, 2.24) is 20.0 Å². The highest BCUT2D eigenvalue weighted by molar-refractivity contribution is 5.93. The summed E-state index contributed by atoms with van der Waals surface area (Å²) >= 11 is 0. The number of halogens is 1. The third kappa shape index (κ3) is 5.79. The van der Waals surface area contributed by atoms with E-state index in [4.69, 9.17) is 21.8 Å². The standard InChI is InChI=1S/C28H29FN8O2/c29-22-3-1-2-4-23(22)37(32)25(19-9-13-33-14-10-19)24(30)28-34-27(35-39-28)21-7-5-18(6-8-21)17-36-15-11-20(12-16-36)26(31)38/h1-10,13-14,20H,11-12,15-17,30,32H2,(H2,31,38)/b25-24-. The van der Waals surface area contributed by atoms with Gasteiger partial charge in [0.1, 0.15) is 11.5 Å². The number of pyridine rings is 1. The van der Waals surface area contributed by atoms with Gasteiger partial charge in [0.25, 0.3) is 5.89 Å². The fourth-order valence-electron chi connectivity index (χ4n) is 4.65. The van der Waals surface area contributed by atoms with Crippen LogP contribution in [-0.4, -0.2) is 39.0 Å². The fourth-order valence-corrected chi connectivity index (χ4v) is 4.65. The molecule has 2 aromatic heterocycles. The van der Waals surface area contributed by atoms with Crippen LogP contribution < -0.4 is 22.3 Å². The molecule has 11 heteroatoms. The van der Waals surface area contributed by atoms with Crippen LogP contribution in [0.1, 0.15) is 29.9 Å². The van der Waals surface area contributed by atoms with E-state index in [-0.39, 0.29) is 34.8 Å². The highest BCUT2D eigenvalue weighted by atomic mass is 19.1. The molecule has 1 aliphatic rings. The van der Waals surface area contributed by atoms with Gasteiger partial charge in [-0.25, -0.2) is 10.2 Å². The molecule has 4 aromatic rings. The zero-order valence-electron chi connectivity index (χ0n) is 21.2. The second-order valence-electron chi connectivity index (χ2n) is 9.39. The lowest BCUT2D eigenvalue weighted by molar-refractivity contribution is -0.123. The van der Waals surface area contributed by atoms with E-state index in [1.807, 2.05) is 24.3 Å². The van der Waals surface area contributed by atoms with Crippen LogP contribution in [0.3, 0.4) is 0 Å². The summed E-state index contributed by atoms with van der Waals surface area (Å²) in [6.07, 6.45) is 4.73. The average Bonchev–Trinajstić information content (AvgIpc) is 3.45. The maximum atomic E-state index is 14.6. The number of para-hydroxylation sites is 1. The Bertz CT molecular complexity index is 1460. The van der Waals surface area contributed by atoms with Crippen LogP contribution in [0.2, 0.25) is 0 Å². The van der Waals surface area contributed by atoms with Gasteiger partial charge in [-0.05, 0) is 55.8 Å². The maximum absolute atomic E-state index is 14.6. The summed E-state index contributed by atoms with van der Waals surface area (Å²) < 4.78 is 20.1. The van der Waals surface area contributed by atoms with Crippen LogP contribution in [0, 0.1) is 11.7 Å². The number of primary amides is 1. The smallest absolute Gasteiger partial charge is 0.276 e. The van der Waals surface area contributed by atoms with E-state index in [1.54, 1.807) is 42.7 Å². The topological polar surface area (TPSA) is 153 Å². The zero-order valence-corrected chi connectivity index (χ0v) is 21.2. The van der Waals surface area contributed by atoms with E-state index in [2.05, 4.69) is 20.0 Å². The summed E-state index contributed by atoms with van der Waals surface area (Å²) in [7, 11) is 0. The molecule has 200 valence electrons. The highest BCUT2D eigenvalue weighted by Gasteiger charge is 2.24. The lowest BCUT2D eigenvalue weighted by Crippen LogP contribution is -2.38. The monoisotopic (exact) mass is 528 g/mol. The van der Waals surface area contributed by atoms with Crippen molar-refractivity contribution in [1.29, 1.82) is 0 Å². The van der Waals surface area contributed by atoms with E-state index in [0.717, 1.165) is 48.6 Å². The predicted molar refractivity (Wildman–Crippen MR) is 145 cm³/mol. The first kappa shape index (κ1) is 26.0. The Morgan fingerprint density at radius 3 is 2.38 bits per heavy atom. The van der Waals surface area contributed by atoms with Crippen LogP contribution in [0.15, 0.2) is 77.6 Å². The fraction of sp³-hybridized carbons (Fsp3) is 0.214. The minimum atomic E-state index is -0.511. The van der Waals surface area contributed by atoms with Gasteiger partial charge in [-0.1, -0.05) is 41.6 Å². The molecule has 0 saturated carbocycles. The average molecular weight is 529 g/mol. The molecule has 1 amide bonds. The van der Waals surface area contributed by atoms with E-state index in [1.165, 1.54) is 6.07 Å². The van der Waals surface area contributed by atoms with Crippen molar-refractivity contribution in [2.45, 2.75) is 19.4 Å².